The fourth-order valence-corrected chi connectivity index (χ4v) is 2.73. The third-order valence-corrected chi connectivity index (χ3v) is 4.92. The number of carbonyl (C=O) groups is 1. The van der Waals surface area contributed by atoms with E-state index in [1.165, 1.54) is 7.05 Å². The van der Waals surface area contributed by atoms with Crippen LogP contribution in [0.25, 0.3) is 0 Å². The first-order valence-electron chi connectivity index (χ1n) is 7.24. The van der Waals surface area contributed by atoms with Gasteiger partial charge in [0.05, 0.1) is 4.90 Å². The number of hydrogen-bond acceptors (Lipinski definition) is 3. The second-order valence-electron chi connectivity index (χ2n) is 4.93. The summed E-state index contributed by atoms with van der Waals surface area (Å²) < 4.78 is 25.5. The van der Waals surface area contributed by atoms with Gasteiger partial charge in [-0.3, -0.25) is 4.79 Å². The molecule has 1 aromatic carbocycles. The molecule has 0 atom stereocenters. The van der Waals surface area contributed by atoms with Gasteiger partial charge in [-0.25, -0.2) is 13.1 Å². The highest BCUT2D eigenvalue weighted by Gasteiger charge is 2.11. The number of hydrogen-bond donors (Lipinski definition) is 2. The summed E-state index contributed by atoms with van der Waals surface area (Å²) in [5, 5.41) is 2.99. The van der Waals surface area contributed by atoms with Gasteiger partial charge in [0, 0.05) is 12.5 Å². The van der Waals surface area contributed by atoms with Gasteiger partial charge in [-0.15, -0.1) is 0 Å². The van der Waals surface area contributed by atoms with Crippen LogP contribution in [-0.2, 0) is 21.2 Å². The van der Waals surface area contributed by atoms with Crippen LogP contribution in [0.2, 0.25) is 0 Å². The van der Waals surface area contributed by atoms with Crippen LogP contribution in [0.4, 0.5) is 0 Å². The SMILES string of the molecule is CCC(CC)NC(=O)CCc1ccc(S(=O)(=O)NC)cc1. The van der Waals surface area contributed by atoms with Gasteiger partial charge in [0.15, 0.2) is 0 Å². The molecule has 0 aromatic heterocycles. The molecular weight excluding hydrogens is 288 g/mol. The average molecular weight is 312 g/mol. The molecule has 2 N–H and O–H groups in total. The summed E-state index contributed by atoms with van der Waals surface area (Å²) >= 11 is 0. The first-order chi connectivity index (χ1) is 9.92. The Morgan fingerprint density at radius 1 is 1.14 bits per heavy atom. The van der Waals surface area contributed by atoms with E-state index in [0.717, 1.165) is 18.4 Å². The van der Waals surface area contributed by atoms with E-state index >= 15 is 0 Å². The molecule has 21 heavy (non-hydrogen) atoms. The minimum Gasteiger partial charge on any atom is -0.353 e. The molecule has 0 bridgehead atoms. The number of sulfonamides is 1. The lowest BCUT2D eigenvalue weighted by Crippen LogP contribution is -2.33. The molecule has 118 valence electrons. The minimum atomic E-state index is -3.40. The summed E-state index contributed by atoms with van der Waals surface area (Å²) in [4.78, 5) is 12.0. The van der Waals surface area contributed by atoms with E-state index in [9.17, 15) is 13.2 Å². The minimum absolute atomic E-state index is 0.0376. The third-order valence-electron chi connectivity index (χ3n) is 3.49. The Hall–Kier alpha value is -1.40. The number of benzene rings is 1. The van der Waals surface area contributed by atoms with E-state index < -0.39 is 10.0 Å². The molecule has 0 spiro atoms. The number of amides is 1. The molecule has 0 fully saturated rings. The van der Waals surface area contributed by atoms with Crippen molar-refractivity contribution in [3.63, 3.8) is 0 Å². The van der Waals surface area contributed by atoms with E-state index in [0.29, 0.717) is 12.8 Å². The summed E-state index contributed by atoms with van der Waals surface area (Å²) in [6.07, 6.45) is 2.87. The third kappa shape index (κ3) is 5.47. The van der Waals surface area contributed by atoms with E-state index in [1.807, 2.05) is 0 Å². The highest BCUT2D eigenvalue weighted by Crippen LogP contribution is 2.11. The monoisotopic (exact) mass is 312 g/mol. The Balaban J connectivity index is 2.55. The van der Waals surface area contributed by atoms with Gasteiger partial charge in [-0.1, -0.05) is 26.0 Å². The average Bonchev–Trinajstić information content (AvgIpc) is 2.51. The second kappa shape index (κ2) is 8.14. The van der Waals surface area contributed by atoms with Gasteiger partial charge in [0.2, 0.25) is 15.9 Å². The van der Waals surface area contributed by atoms with E-state index in [-0.39, 0.29) is 16.8 Å². The lowest BCUT2D eigenvalue weighted by atomic mass is 10.1. The molecule has 0 radical (unpaired) electrons. The Labute approximate surface area is 127 Å². The van der Waals surface area contributed by atoms with Crippen LogP contribution < -0.4 is 10.0 Å². The summed E-state index contributed by atoms with van der Waals surface area (Å²) in [7, 11) is -2.02. The predicted molar refractivity (Wildman–Crippen MR) is 83.5 cm³/mol. The van der Waals surface area contributed by atoms with E-state index in [2.05, 4.69) is 23.9 Å². The van der Waals surface area contributed by atoms with Crippen LogP contribution in [0.1, 0.15) is 38.7 Å². The first kappa shape index (κ1) is 17.7. The standard InChI is InChI=1S/C15H24N2O3S/c1-4-13(5-2)17-15(18)11-8-12-6-9-14(10-7-12)21(19,20)16-3/h6-7,9-10,13,16H,4-5,8,11H2,1-3H3,(H,17,18). The number of nitrogens with one attached hydrogen (secondary N) is 2. The topological polar surface area (TPSA) is 75.3 Å². The van der Waals surface area contributed by atoms with Crippen molar-refractivity contribution in [2.45, 2.75) is 50.5 Å². The van der Waals surface area contributed by atoms with Crippen molar-refractivity contribution in [1.29, 1.82) is 0 Å². The highest BCUT2D eigenvalue weighted by molar-refractivity contribution is 7.89. The molecule has 0 aliphatic carbocycles. The summed E-state index contributed by atoms with van der Waals surface area (Å²) in [6.45, 7) is 4.10. The normalized spacial score (nSPS) is 11.6. The van der Waals surface area contributed by atoms with Gasteiger partial charge in [0.1, 0.15) is 0 Å². The zero-order valence-corrected chi connectivity index (χ0v) is 13.7. The molecule has 6 heteroatoms. The van der Waals surface area contributed by atoms with E-state index in [1.54, 1.807) is 24.3 Å². The largest absolute Gasteiger partial charge is 0.353 e. The summed E-state index contributed by atoms with van der Waals surface area (Å²) in [6, 6.07) is 6.84. The first-order valence-corrected chi connectivity index (χ1v) is 8.73. The zero-order chi connectivity index (χ0) is 15.9. The summed E-state index contributed by atoms with van der Waals surface area (Å²) in [5.41, 5.74) is 0.949. The molecule has 5 nitrogen and oxygen atoms in total. The molecule has 1 amide bonds. The molecule has 0 unspecified atom stereocenters. The summed E-state index contributed by atoms with van der Waals surface area (Å²) in [5.74, 6) is 0.0376. The molecule has 1 rings (SSSR count). The zero-order valence-electron chi connectivity index (χ0n) is 12.8. The molecule has 0 aliphatic rings. The van der Waals surface area contributed by atoms with Gasteiger partial charge in [0.25, 0.3) is 0 Å². The Bertz CT molecular complexity index is 549. The van der Waals surface area contributed by atoms with Crippen LogP contribution in [0.3, 0.4) is 0 Å². The quantitative estimate of drug-likeness (QED) is 0.769. The molecule has 0 saturated carbocycles. The van der Waals surface area contributed by atoms with Crippen molar-refractivity contribution in [2.24, 2.45) is 0 Å². The number of rotatable bonds is 8. The van der Waals surface area contributed by atoms with Crippen molar-refractivity contribution < 1.29 is 13.2 Å². The van der Waals surface area contributed by atoms with Crippen LogP contribution in [-0.4, -0.2) is 27.4 Å². The Morgan fingerprint density at radius 2 is 1.71 bits per heavy atom. The molecule has 0 saturated heterocycles. The lowest BCUT2D eigenvalue weighted by Gasteiger charge is -2.14. The number of carbonyl (C=O) groups excluding carboxylic acids is 1. The molecule has 1 aromatic rings. The maximum absolute atomic E-state index is 11.8. The molecule has 0 heterocycles. The van der Waals surface area contributed by atoms with Crippen molar-refractivity contribution in [3.8, 4) is 0 Å². The van der Waals surface area contributed by atoms with Crippen LogP contribution in [0.15, 0.2) is 29.2 Å². The van der Waals surface area contributed by atoms with Crippen molar-refractivity contribution in [2.75, 3.05) is 7.05 Å². The van der Waals surface area contributed by atoms with Gasteiger partial charge in [-0.05, 0) is 44.0 Å². The van der Waals surface area contributed by atoms with Crippen LogP contribution >= 0.6 is 0 Å². The van der Waals surface area contributed by atoms with Crippen LogP contribution in [0, 0.1) is 0 Å². The molecular formula is C15H24N2O3S. The lowest BCUT2D eigenvalue weighted by molar-refractivity contribution is -0.121. The second-order valence-corrected chi connectivity index (χ2v) is 6.82. The number of aryl methyl sites for hydroxylation is 1. The molecule has 0 aliphatic heterocycles. The van der Waals surface area contributed by atoms with Crippen LogP contribution in [0.5, 0.6) is 0 Å². The van der Waals surface area contributed by atoms with Gasteiger partial charge >= 0.3 is 0 Å². The fraction of sp³-hybridized carbons (Fsp3) is 0.533. The maximum atomic E-state index is 11.8. The predicted octanol–water partition coefficient (Wildman–Crippen LogP) is 1.83. The maximum Gasteiger partial charge on any atom is 0.240 e. The van der Waals surface area contributed by atoms with Gasteiger partial charge < -0.3 is 5.32 Å². The van der Waals surface area contributed by atoms with Crippen molar-refractivity contribution in [1.82, 2.24) is 10.0 Å². The van der Waals surface area contributed by atoms with E-state index in [4.69, 9.17) is 0 Å². The Kier molecular flexibility index (Phi) is 6.84. The highest BCUT2D eigenvalue weighted by atomic mass is 32.2. The van der Waals surface area contributed by atoms with Crippen molar-refractivity contribution in [3.05, 3.63) is 29.8 Å². The Morgan fingerprint density at radius 3 is 2.19 bits per heavy atom. The smallest absolute Gasteiger partial charge is 0.240 e. The van der Waals surface area contributed by atoms with Gasteiger partial charge in [-0.2, -0.15) is 0 Å². The fourth-order valence-electron chi connectivity index (χ4n) is 2.00. The van der Waals surface area contributed by atoms with Crippen molar-refractivity contribution >= 4 is 15.9 Å².